The maximum absolute atomic E-state index is 13.0. The molecule has 0 spiro atoms. The van der Waals surface area contributed by atoms with E-state index in [0.717, 1.165) is 11.1 Å². The molecule has 9 nitrogen and oxygen atoms in total. The van der Waals surface area contributed by atoms with Crippen molar-refractivity contribution in [2.45, 2.75) is 22.4 Å². The Morgan fingerprint density at radius 1 is 1.05 bits per heavy atom. The lowest BCUT2D eigenvalue weighted by Gasteiger charge is -2.24. The Kier molecular flexibility index (Phi) is 8.93. The number of sulfone groups is 1. The Bertz CT molecular complexity index is 1400. The SMILES string of the molecule is COC(OC)C(CNC(=O)c1cc2cccc(NCS(=O)(=O)c3ccco3)c2[nH]1)SCc1ccccc1. The number of para-hydroxylation sites is 1. The third kappa shape index (κ3) is 6.75. The van der Waals surface area contributed by atoms with Gasteiger partial charge in [0.25, 0.3) is 5.91 Å². The largest absolute Gasteiger partial charge is 0.453 e. The fourth-order valence-corrected chi connectivity index (χ4v) is 5.97. The van der Waals surface area contributed by atoms with Gasteiger partial charge in [-0.05, 0) is 29.8 Å². The molecular weight excluding hydrogens is 514 g/mol. The molecule has 11 heteroatoms. The number of methoxy groups -OCH3 is 2. The van der Waals surface area contributed by atoms with Gasteiger partial charge < -0.3 is 29.5 Å². The number of anilines is 1. The smallest absolute Gasteiger partial charge is 0.267 e. The molecule has 4 aromatic rings. The molecule has 1 atom stereocenters. The number of amides is 1. The highest BCUT2D eigenvalue weighted by Crippen LogP contribution is 2.25. The number of aromatic amines is 1. The average Bonchev–Trinajstić information content (AvgIpc) is 3.61. The van der Waals surface area contributed by atoms with E-state index in [1.807, 2.05) is 36.4 Å². The predicted octanol–water partition coefficient (Wildman–Crippen LogP) is 4.25. The summed E-state index contributed by atoms with van der Waals surface area (Å²) in [7, 11) is -0.500. The van der Waals surface area contributed by atoms with E-state index in [9.17, 15) is 13.2 Å². The summed E-state index contributed by atoms with van der Waals surface area (Å²) in [5, 5.41) is 6.41. The van der Waals surface area contributed by atoms with Gasteiger partial charge in [-0.15, -0.1) is 11.8 Å². The summed E-state index contributed by atoms with van der Waals surface area (Å²) in [6.45, 7) is 0.324. The van der Waals surface area contributed by atoms with Gasteiger partial charge in [0.2, 0.25) is 14.9 Å². The first-order chi connectivity index (χ1) is 17.9. The van der Waals surface area contributed by atoms with E-state index in [-0.39, 0.29) is 22.1 Å². The molecule has 0 fully saturated rings. The zero-order valence-electron chi connectivity index (χ0n) is 20.5. The fraction of sp³-hybridized carbons (Fsp3) is 0.269. The fourth-order valence-electron chi connectivity index (χ4n) is 3.81. The van der Waals surface area contributed by atoms with Crippen molar-refractivity contribution < 1.29 is 27.1 Å². The second-order valence-electron chi connectivity index (χ2n) is 8.21. The maximum atomic E-state index is 13.0. The van der Waals surface area contributed by atoms with Crippen LogP contribution in [0.4, 0.5) is 5.69 Å². The Hall–Kier alpha value is -3.25. The minimum Gasteiger partial charge on any atom is -0.453 e. The predicted molar refractivity (Wildman–Crippen MR) is 144 cm³/mol. The number of carbonyl (C=O) groups excluding carboxylic acids is 1. The second-order valence-corrected chi connectivity index (χ2v) is 11.4. The van der Waals surface area contributed by atoms with E-state index in [2.05, 4.69) is 15.6 Å². The van der Waals surface area contributed by atoms with Crippen molar-refractivity contribution in [2.24, 2.45) is 0 Å². The molecule has 1 unspecified atom stereocenters. The number of hydrogen-bond donors (Lipinski definition) is 3. The van der Waals surface area contributed by atoms with Crippen LogP contribution in [-0.4, -0.2) is 57.5 Å². The summed E-state index contributed by atoms with van der Waals surface area (Å²) in [5.41, 5.74) is 2.71. The standard InChI is InChI=1S/C26H29N3O6S2/c1-33-26(34-2)22(36-16-18-8-4-3-5-9-18)15-27-25(30)21-14-19-10-6-11-20(24(19)29-21)28-17-37(31,32)23-12-7-13-35-23/h3-14,22,26,28-29H,15-17H2,1-2H3,(H,27,30). The van der Waals surface area contributed by atoms with Gasteiger partial charge in [-0.2, -0.15) is 0 Å². The summed E-state index contributed by atoms with van der Waals surface area (Å²) in [6, 6.07) is 20.1. The van der Waals surface area contributed by atoms with Crippen LogP contribution in [0.3, 0.4) is 0 Å². The van der Waals surface area contributed by atoms with E-state index in [1.165, 1.54) is 24.0 Å². The molecule has 4 rings (SSSR count). The molecular formula is C26H29N3O6S2. The molecule has 0 bridgehead atoms. The second kappa shape index (κ2) is 12.3. The zero-order chi connectivity index (χ0) is 26.3. The van der Waals surface area contributed by atoms with Crippen LogP contribution in [0, 0.1) is 0 Å². The summed E-state index contributed by atoms with van der Waals surface area (Å²) in [5.74, 6) is 0.102. The van der Waals surface area contributed by atoms with Crippen molar-refractivity contribution >= 4 is 44.1 Å². The van der Waals surface area contributed by atoms with Crippen molar-refractivity contribution in [3.05, 3.63) is 84.3 Å². The molecule has 0 aliphatic heterocycles. The molecule has 0 aliphatic rings. The zero-order valence-corrected chi connectivity index (χ0v) is 22.1. The van der Waals surface area contributed by atoms with Gasteiger partial charge in [-0.1, -0.05) is 42.5 Å². The van der Waals surface area contributed by atoms with Crippen LogP contribution in [0.5, 0.6) is 0 Å². The van der Waals surface area contributed by atoms with Crippen LogP contribution in [-0.2, 0) is 25.1 Å². The number of thioether (sulfide) groups is 1. The lowest BCUT2D eigenvalue weighted by atomic mass is 10.2. The highest BCUT2D eigenvalue weighted by atomic mass is 32.2. The highest BCUT2D eigenvalue weighted by Gasteiger charge is 2.23. The molecule has 0 aliphatic carbocycles. The van der Waals surface area contributed by atoms with Gasteiger partial charge in [-0.25, -0.2) is 8.42 Å². The molecule has 196 valence electrons. The first kappa shape index (κ1) is 26.8. The van der Waals surface area contributed by atoms with Crippen molar-refractivity contribution in [3.8, 4) is 0 Å². The normalized spacial score (nSPS) is 12.6. The third-order valence-corrected chi connectivity index (χ3v) is 8.38. The first-order valence-electron chi connectivity index (χ1n) is 11.5. The molecule has 0 saturated heterocycles. The van der Waals surface area contributed by atoms with Gasteiger partial charge in [0.1, 0.15) is 11.6 Å². The Morgan fingerprint density at radius 2 is 1.84 bits per heavy atom. The number of hydrogen-bond acceptors (Lipinski definition) is 8. The molecule has 0 saturated carbocycles. The Morgan fingerprint density at radius 3 is 2.54 bits per heavy atom. The lowest BCUT2D eigenvalue weighted by Crippen LogP contribution is -2.39. The molecule has 1 amide bonds. The van der Waals surface area contributed by atoms with E-state index in [4.69, 9.17) is 13.9 Å². The summed E-state index contributed by atoms with van der Waals surface area (Å²) < 4.78 is 40.9. The monoisotopic (exact) mass is 543 g/mol. The number of aromatic nitrogens is 1. The molecule has 2 aromatic heterocycles. The van der Waals surface area contributed by atoms with Crippen LogP contribution in [0.2, 0.25) is 0 Å². The highest BCUT2D eigenvalue weighted by molar-refractivity contribution is 7.99. The summed E-state index contributed by atoms with van der Waals surface area (Å²) in [6.07, 6.45) is 0.819. The Labute approximate surface area is 219 Å². The number of carbonyl (C=O) groups is 1. The number of fused-ring (bicyclic) bond motifs is 1. The van der Waals surface area contributed by atoms with Crippen LogP contribution >= 0.6 is 11.8 Å². The minimum absolute atomic E-state index is 0.108. The number of ether oxygens (including phenoxy) is 2. The average molecular weight is 544 g/mol. The third-order valence-electron chi connectivity index (χ3n) is 5.69. The van der Waals surface area contributed by atoms with Crippen LogP contribution in [0.15, 0.2) is 82.5 Å². The number of H-pyrrole nitrogens is 1. The van der Waals surface area contributed by atoms with E-state index < -0.39 is 16.1 Å². The number of benzene rings is 2. The summed E-state index contributed by atoms with van der Waals surface area (Å²) in [4.78, 5) is 16.1. The van der Waals surface area contributed by atoms with Gasteiger partial charge in [0.05, 0.1) is 22.7 Å². The van der Waals surface area contributed by atoms with E-state index in [0.29, 0.717) is 23.4 Å². The van der Waals surface area contributed by atoms with Crippen molar-refractivity contribution in [3.63, 3.8) is 0 Å². The van der Waals surface area contributed by atoms with Crippen molar-refractivity contribution in [2.75, 3.05) is 32.0 Å². The Balaban J connectivity index is 1.43. The topological polar surface area (TPSA) is 123 Å². The van der Waals surface area contributed by atoms with E-state index >= 15 is 0 Å². The van der Waals surface area contributed by atoms with Gasteiger partial charge >= 0.3 is 0 Å². The molecule has 2 aromatic carbocycles. The molecule has 3 N–H and O–H groups in total. The molecule has 2 heterocycles. The van der Waals surface area contributed by atoms with Crippen LogP contribution in [0.25, 0.3) is 10.9 Å². The maximum Gasteiger partial charge on any atom is 0.267 e. The van der Waals surface area contributed by atoms with Crippen molar-refractivity contribution in [1.82, 2.24) is 10.3 Å². The lowest BCUT2D eigenvalue weighted by molar-refractivity contribution is -0.101. The van der Waals surface area contributed by atoms with Crippen LogP contribution in [0.1, 0.15) is 16.1 Å². The molecule has 37 heavy (non-hydrogen) atoms. The van der Waals surface area contributed by atoms with Crippen LogP contribution < -0.4 is 10.6 Å². The van der Waals surface area contributed by atoms with Gasteiger partial charge in [0, 0.05) is 31.9 Å². The molecule has 0 radical (unpaired) electrons. The quantitative estimate of drug-likeness (QED) is 0.214. The van der Waals surface area contributed by atoms with E-state index in [1.54, 1.807) is 44.2 Å². The first-order valence-corrected chi connectivity index (χ1v) is 14.2. The van der Waals surface area contributed by atoms with Gasteiger partial charge in [0.15, 0.2) is 6.29 Å². The number of rotatable bonds is 13. The van der Waals surface area contributed by atoms with Gasteiger partial charge in [-0.3, -0.25) is 4.79 Å². The number of furan rings is 1. The summed E-state index contributed by atoms with van der Waals surface area (Å²) >= 11 is 1.63. The minimum atomic E-state index is -3.65. The number of nitrogens with one attached hydrogen (secondary N) is 3. The van der Waals surface area contributed by atoms with Crippen molar-refractivity contribution in [1.29, 1.82) is 0 Å².